The number of amides is 1. The van der Waals surface area contributed by atoms with Crippen LogP contribution in [-0.2, 0) is 4.74 Å². The van der Waals surface area contributed by atoms with Gasteiger partial charge in [0.05, 0.1) is 6.20 Å². The normalized spacial score (nSPS) is 18.9. The van der Waals surface area contributed by atoms with Crippen LogP contribution in [0.1, 0.15) is 36.0 Å². The first kappa shape index (κ1) is 12.8. The zero-order valence-corrected chi connectivity index (χ0v) is 11.0. The van der Waals surface area contributed by atoms with Crippen LogP contribution in [-0.4, -0.2) is 27.3 Å². The second kappa shape index (κ2) is 5.42. The minimum atomic E-state index is -0.525. The molecule has 2 N–H and O–H groups in total. The molecule has 1 aliphatic heterocycles. The zero-order chi connectivity index (χ0) is 13.9. The van der Waals surface area contributed by atoms with Gasteiger partial charge in [0.1, 0.15) is 11.9 Å². The van der Waals surface area contributed by atoms with Crippen molar-refractivity contribution in [2.75, 3.05) is 6.61 Å². The summed E-state index contributed by atoms with van der Waals surface area (Å²) in [5, 5.41) is 4.35. The summed E-state index contributed by atoms with van der Waals surface area (Å²) in [7, 11) is 0. The van der Waals surface area contributed by atoms with Gasteiger partial charge in [-0.1, -0.05) is 6.07 Å². The molecule has 104 valence electrons. The number of carbonyl (C=O) groups is 1. The maximum atomic E-state index is 11.0. The summed E-state index contributed by atoms with van der Waals surface area (Å²) in [4.78, 5) is 15.0. The molecule has 2 aromatic rings. The van der Waals surface area contributed by atoms with Gasteiger partial charge >= 0.3 is 0 Å². The molecule has 3 rings (SSSR count). The number of primary amides is 1. The summed E-state index contributed by atoms with van der Waals surface area (Å²) in [6, 6.07) is 3.43. The summed E-state index contributed by atoms with van der Waals surface area (Å²) in [5.41, 5.74) is 7.28. The van der Waals surface area contributed by atoms with Gasteiger partial charge in [0.25, 0.3) is 5.91 Å². The third-order valence-electron chi connectivity index (χ3n) is 3.40. The Morgan fingerprint density at radius 3 is 2.85 bits per heavy atom. The number of rotatable bonds is 3. The fourth-order valence-corrected chi connectivity index (χ4v) is 2.29. The van der Waals surface area contributed by atoms with Gasteiger partial charge in [0.15, 0.2) is 0 Å². The molecule has 1 saturated heterocycles. The van der Waals surface area contributed by atoms with E-state index in [0.29, 0.717) is 0 Å². The molecule has 0 aromatic carbocycles. The van der Waals surface area contributed by atoms with Gasteiger partial charge in [-0.3, -0.25) is 9.78 Å². The molecule has 2 aromatic heterocycles. The van der Waals surface area contributed by atoms with Crippen LogP contribution in [0.15, 0.2) is 30.7 Å². The smallest absolute Gasteiger partial charge is 0.267 e. The van der Waals surface area contributed by atoms with Gasteiger partial charge in [-0.05, 0) is 25.3 Å². The van der Waals surface area contributed by atoms with Gasteiger partial charge in [0.2, 0.25) is 0 Å². The minimum Gasteiger partial charge on any atom is -0.364 e. The lowest BCUT2D eigenvalue weighted by Crippen LogP contribution is -2.18. The highest BCUT2D eigenvalue weighted by atomic mass is 16.5. The lowest BCUT2D eigenvalue weighted by atomic mass is 10.1. The van der Waals surface area contributed by atoms with Crippen molar-refractivity contribution in [3.8, 4) is 11.1 Å². The predicted octanol–water partition coefficient (Wildman–Crippen LogP) is 1.74. The van der Waals surface area contributed by atoms with Crippen LogP contribution >= 0.6 is 0 Å². The van der Waals surface area contributed by atoms with E-state index in [1.165, 1.54) is 0 Å². The van der Waals surface area contributed by atoms with E-state index < -0.39 is 5.91 Å². The second-order valence-electron chi connectivity index (χ2n) is 4.83. The maximum absolute atomic E-state index is 11.0. The van der Waals surface area contributed by atoms with Crippen LogP contribution in [0.25, 0.3) is 11.1 Å². The van der Waals surface area contributed by atoms with Crippen LogP contribution in [0, 0.1) is 0 Å². The predicted molar refractivity (Wildman–Crippen MR) is 72.8 cm³/mol. The molecule has 1 amide bonds. The molecule has 0 radical (unpaired) electrons. The van der Waals surface area contributed by atoms with Crippen molar-refractivity contribution in [3.63, 3.8) is 0 Å². The Bertz CT molecular complexity index is 600. The van der Waals surface area contributed by atoms with Gasteiger partial charge in [-0.15, -0.1) is 0 Å². The Kier molecular flexibility index (Phi) is 3.47. The SMILES string of the molecule is NC(=O)c1ccc(-c2cnn(C3CCCCO3)c2)cn1. The van der Waals surface area contributed by atoms with E-state index in [2.05, 4.69) is 10.1 Å². The quantitative estimate of drug-likeness (QED) is 0.922. The van der Waals surface area contributed by atoms with E-state index in [-0.39, 0.29) is 11.9 Å². The molecule has 3 heterocycles. The summed E-state index contributed by atoms with van der Waals surface area (Å²) in [5.74, 6) is -0.525. The fraction of sp³-hybridized carbons (Fsp3) is 0.357. The molecule has 6 heteroatoms. The summed E-state index contributed by atoms with van der Waals surface area (Å²) < 4.78 is 7.53. The topological polar surface area (TPSA) is 83.0 Å². The highest BCUT2D eigenvalue weighted by molar-refractivity contribution is 5.91. The summed E-state index contributed by atoms with van der Waals surface area (Å²) in [6.45, 7) is 0.786. The lowest BCUT2D eigenvalue weighted by molar-refractivity contribution is -0.0394. The standard InChI is InChI=1S/C14H16N4O2/c15-14(19)12-5-4-10(7-16-12)11-8-17-18(9-11)13-3-1-2-6-20-13/h4-5,7-9,13H,1-3,6H2,(H2,15,19). The van der Waals surface area contributed by atoms with Crippen LogP contribution in [0.4, 0.5) is 0 Å². The van der Waals surface area contributed by atoms with E-state index in [4.69, 9.17) is 10.5 Å². The van der Waals surface area contributed by atoms with Crippen LogP contribution in [0.2, 0.25) is 0 Å². The number of pyridine rings is 1. The summed E-state index contributed by atoms with van der Waals surface area (Å²) in [6.07, 6.45) is 8.63. The van der Waals surface area contributed by atoms with E-state index in [1.54, 1.807) is 18.5 Å². The molecule has 1 aliphatic rings. The fourth-order valence-electron chi connectivity index (χ4n) is 2.29. The molecule has 0 aliphatic carbocycles. The largest absolute Gasteiger partial charge is 0.364 e. The first-order chi connectivity index (χ1) is 9.74. The van der Waals surface area contributed by atoms with Crippen LogP contribution in [0.5, 0.6) is 0 Å². The van der Waals surface area contributed by atoms with E-state index >= 15 is 0 Å². The van der Waals surface area contributed by atoms with Crippen LogP contribution in [0.3, 0.4) is 0 Å². The molecule has 1 unspecified atom stereocenters. The van der Waals surface area contributed by atoms with E-state index in [9.17, 15) is 4.79 Å². The summed E-state index contributed by atoms with van der Waals surface area (Å²) >= 11 is 0. The van der Waals surface area contributed by atoms with E-state index in [0.717, 1.165) is 37.0 Å². The molecule has 6 nitrogen and oxygen atoms in total. The van der Waals surface area contributed by atoms with Crippen molar-refractivity contribution in [1.29, 1.82) is 0 Å². The first-order valence-electron chi connectivity index (χ1n) is 6.66. The maximum Gasteiger partial charge on any atom is 0.267 e. The number of nitrogens with two attached hydrogens (primary N) is 1. The number of carbonyl (C=O) groups excluding carboxylic acids is 1. The molecule has 0 spiro atoms. The van der Waals surface area contributed by atoms with Crippen LogP contribution < -0.4 is 5.73 Å². The Morgan fingerprint density at radius 1 is 1.30 bits per heavy atom. The van der Waals surface area contributed by atoms with Crippen molar-refractivity contribution in [1.82, 2.24) is 14.8 Å². The number of aromatic nitrogens is 3. The molecular formula is C14H16N4O2. The second-order valence-corrected chi connectivity index (χ2v) is 4.83. The molecule has 1 atom stereocenters. The Balaban J connectivity index is 1.80. The third kappa shape index (κ3) is 2.55. The number of nitrogens with zero attached hydrogens (tertiary/aromatic N) is 3. The van der Waals surface area contributed by atoms with Gasteiger partial charge in [-0.25, -0.2) is 4.68 Å². The van der Waals surface area contributed by atoms with Gasteiger partial charge in [0, 0.05) is 30.1 Å². The molecule has 20 heavy (non-hydrogen) atoms. The first-order valence-corrected chi connectivity index (χ1v) is 6.66. The number of hydrogen-bond donors (Lipinski definition) is 1. The van der Waals surface area contributed by atoms with Crippen molar-refractivity contribution in [2.24, 2.45) is 5.73 Å². The highest BCUT2D eigenvalue weighted by Gasteiger charge is 2.16. The lowest BCUT2D eigenvalue weighted by Gasteiger charge is -2.22. The molecule has 0 bridgehead atoms. The highest BCUT2D eigenvalue weighted by Crippen LogP contribution is 2.24. The molecule has 0 saturated carbocycles. The number of hydrogen-bond acceptors (Lipinski definition) is 4. The Hall–Kier alpha value is -2.21. The Morgan fingerprint density at radius 2 is 2.20 bits per heavy atom. The average molecular weight is 272 g/mol. The number of ether oxygens (including phenoxy) is 1. The van der Waals surface area contributed by atoms with Gasteiger partial charge in [-0.2, -0.15) is 5.10 Å². The van der Waals surface area contributed by atoms with E-state index in [1.807, 2.05) is 16.9 Å². The van der Waals surface area contributed by atoms with Crippen molar-refractivity contribution < 1.29 is 9.53 Å². The minimum absolute atomic E-state index is 0.0235. The third-order valence-corrected chi connectivity index (χ3v) is 3.40. The molecular weight excluding hydrogens is 256 g/mol. The van der Waals surface area contributed by atoms with Crippen molar-refractivity contribution >= 4 is 5.91 Å². The Labute approximate surface area is 116 Å². The molecule has 1 fully saturated rings. The van der Waals surface area contributed by atoms with Crippen molar-refractivity contribution in [2.45, 2.75) is 25.5 Å². The van der Waals surface area contributed by atoms with Gasteiger partial charge < -0.3 is 10.5 Å². The average Bonchev–Trinajstić information content (AvgIpc) is 2.98. The monoisotopic (exact) mass is 272 g/mol. The van der Waals surface area contributed by atoms with Crippen molar-refractivity contribution in [3.05, 3.63) is 36.4 Å². The zero-order valence-electron chi connectivity index (χ0n) is 11.0.